The zero-order valence-electron chi connectivity index (χ0n) is 10.8. The summed E-state index contributed by atoms with van der Waals surface area (Å²) in [7, 11) is 0. The zero-order chi connectivity index (χ0) is 13.8. The van der Waals surface area contributed by atoms with Crippen molar-refractivity contribution in [3.8, 4) is 0 Å². The Balaban J connectivity index is 2.45. The quantitative estimate of drug-likeness (QED) is 0.651. The minimum Gasteiger partial charge on any atom is -0.481 e. The van der Waals surface area contributed by atoms with Crippen molar-refractivity contribution in [3.05, 3.63) is 0 Å². The first-order valence-electron chi connectivity index (χ1n) is 6.17. The van der Waals surface area contributed by atoms with Crippen molar-refractivity contribution in [1.29, 1.82) is 0 Å². The van der Waals surface area contributed by atoms with E-state index in [1.54, 1.807) is 13.8 Å². The molecule has 102 valence electrons. The van der Waals surface area contributed by atoms with E-state index in [4.69, 9.17) is 5.11 Å². The van der Waals surface area contributed by atoms with E-state index in [1.165, 1.54) is 0 Å². The van der Waals surface area contributed by atoms with Crippen LogP contribution in [0.2, 0.25) is 0 Å². The monoisotopic (exact) mass is 256 g/mol. The molecule has 2 unspecified atom stereocenters. The molecular formula is C12H20N2O4. The highest BCUT2D eigenvalue weighted by molar-refractivity contribution is 5.84. The van der Waals surface area contributed by atoms with Crippen molar-refractivity contribution < 1.29 is 19.5 Å². The maximum atomic E-state index is 11.8. The molecule has 0 aromatic rings. The lowest BCUT2D eigenvalue weighted by atomic mass is 9.87. The molecule has 1 aliphatic rings. The Morgan fingerprint density at radius 1 is 1.56 bits per heavy atom. The molecule has 6 heteroatoms. The van der Waals surface area contributed by atoms with Crippen LogP contribution in [0.5, 0.6) is 0 Å². The predicted molar refractivity (Wildman–Crippen MR) is 64.8 cm³/mol. The van der Waals surface area contributed by atoms with Gasteiger partial charge in [0.1, 0.15) is 0 Å². The second-order valence-corrected chi connectivity index (χ2v) is 4.98. The fourth-order valence-electron chi connectivity index (χ4n) is 1.73. The highest BCUT2D eigenvalue weighted by Crippen LogP contribution is 2.20. The van der Waals surface area contributed by atoms with Crippen LogP contribution in [0.3, 0.4) is 0 Å². The molecule has 0 radical (unpaired) electrons. The lowest BCUT2D eigenvalue weighted by molar-refractivity contribution is -0.148. The van der Waals surface area contributed by atoms with Crippen LogP contribution in [0.15, 0.2) is 0 Å². The minimum atomic E-state index is -0.937. The molecule has 2 amide bonds. The Kier molecular flexibility index (Phi) is 4.69. The molecule has 0 saturated carbocycles. The normalized spacial score (nSPS) is 22.8. The van der Waals surface area contributed by atoms with Crippen LogP contribution in [-0.2, 0) is 14.4 Å². The van der Waals surface area contributed by atoms with Gasteiger partial charge in [0.2, 0.25) is 11.8 Å². The van der Waals surface area contributed by atoms with Crippen LogP contribution in [0.25, 0.3) is 0 Å². The Morgan fingerprint density at radius 3 is 2.67 bits per heavy atom. The van der Waals surface area contributed by atoms with Gasteiger partial charge in [-0.3, -0.25) is 14.4 Å². The lowest BCUT2D eigenvalue weighted by Gasteiger charge is -2.26. The summed E-state index contributed by atoms with van der Waals surface area (Å²) in [6.45, 7) is 3.84. The van der Waals surface area contributed by atoms with Gasteiger partial charge in [-0.05, 0) is 19.8 Å². The van der Waals surface area contributed by atoms with E-state index in [1.807, 2.05) is 0 Å². The molecule has 2 atom stereocenters. The van der Waals surface area contributed by atoms with Crippen LogP contribution < -0.4 is 10.6 Å². The molecule has 1 saturated heterocycles. The molecule has 0 aromatic carbocycles. The van der Waals surface area contributed by atoms with E-state index in [-0.39, 0.29) is 24.3 Å². The number of rotatable bonds is 5. The molecule has 1 aliphatic heterocycles. The third-order valence-corrected chi connectivity index (χ3v) is 3.59. The van der Waals surface area contributed by atoms with Crippen molar-refractivity contribution in [3.63, 3.8) is 0 Å². The zero-order valence-corrected chi connectivity index (χ0v) is 10.8. The Morgan fingerprint density at radius 2 is 2.22 bits per heavy atom. The van der Waals surface area contributed by atoms with Crippen LogP contribution in [0.1, 0.15) is 33.1 Å². The van der Waals surface area contributed by atoms with Crippen molar-refractivity contribution in [2.45, 2.75) is 33.1 Å². The molecule has 1 heterocycles. The molecule has 0 aromatic heterocycles. The number of hydrogen-bond donors (Lipinski definition) is 3. The fourth-order valence-corrected chi connectivity index (χ4v) is 1.73. The van der Waals surface area contributed by atoms with E-state index in [9.17, 15) is 14.4 Å². The largest absolute Gasteiger partial charge is 0.481 e. The smallest absolute Gasteiger partial charge is 0.311 e. The summed E-state index contributed by atoms with van der Waals surface area (Å²) in [5.41, 5.74) is -0.937. The second kappa shape index (κ2) is 5.84. The number of aliphatic carboxylic acids is 1. The number of carboxylic acid groups (broad SMARTS) is 1. The minimum absolute atomic E-state index is 0.0389. The second-order valence-electron chi connectivity index (χ2n) is 4.98. The van der Waals surface area contributed by atoms with Crippen LogP contribution in [0.4, 0.5) is 0 Å². The molecule has 0 bridgehead atoms. The molecule has 0 spiro atoms. The number of carbonyl (C=O) groups excluding carboxylic acids is 2. The third kappa shape index (κ3) is 3.45. The summed E-state index contributed by atoms with van der Waals surface area (Å²) in [6.07, 6.45) is 1.32. The van der Waals surface area contributed by atoms with Gasteiger partial charge < -0.3 is 15.7 Å². The molecule has 1 rings (SSSR count). The number of nitrogens with one attached hydrogen (secondary N) is 2. The summed E-state index contributed by atoms with van der Waals surface area (Å²) >= 11 is 0. The summed E-state index contributed by atoms with van der Waals surface area (Å²) in [5.74, 6) is -1.39. The first-order valence-corrected chi connectivity index (χ1v) is 6.17. The van der Waals surface area contributed by atoms with Crippen molar-refractivity contribution in [1.82, 2.24) is 10.6 Å². The van der Waals surface area contributed by atoms with Gasteiger partial charge in [-0.25, -0.2) is 0 Å². The van der Waals surface area contributed by atoms with Gasteiger partial charge >= 0.3 is 5.97 Å². The van der Waals surface area contributed by atoms with Gasteiger partial charge in [-0.2, -0.15) is 0 Å². The summed E-state index contributed by atoms with van der Waals surface area (Å²) in [6, 6.07) is 0. The number of piperidine rings is 1. The average molecular weight is 256 g/mol. The van der Waals surface area contributed by atoms with Crippen molar-refractivity contribution in [2.24, 2.45) is 11.3 Å². The highest BCUT2D eigenvalue weighted by Gasteiger charge is 2.33. The van der Waals surface area contributed by atoms with Crippen LogP contribution in [-0.4, -0.2) is 36.0 Å². The molecule has 18 heavy (non-hydrogen) atoms. The standard InChI is InChI=1S/C12H20N2O4/c1-3-12(2,11(17)18)7-14-10(16)8-4-5-9(15)13-6-8/h8H,3-7H2,1-2H3,(H,13,15)(H,14,16)(H,17,18). The fraction of sp³-hybridized carbons (Fsp3) is 0.750. The summed E-state index contributed by atoms with van der Waals surface area (Å²) in [4.78, 5) is 33.9. The molecule has 1 fully saturated rings. The van der Waals surface area contributed by atoms with Gasteiger partial charge in [0.15, 0.2) is 0 Å². The molecule has 0 aliphatic carbocycles. The average Bonchev–Trinajstić information content (AvgIpc) is 2.36. The van der Waals surface area contributed by atoms with Crippen molar-refractivity contribution >= 4 is 17.8 Å². The Hall–Kier alpha value is -1.59. The first-order chi connectivity index (χ1) is 8.39. The van der Waals surface area contributed by atoms with Crippen LogP contribution in [0, 0.1) is 11.3 Å². The Bertz CT molecular complexity index is 346. The van der Waals surface area contributed by atoms with Gasteiger partial charge in [-0.15, -0.1) is 0 Å². The van der Waals surface area contributed by atoms with E-state index in [0.717, 1.165) is 0 Å². The maximum Gasteiger partial charge on any atom is 0.311 e. The third-order valence-electron chi connectivity index (χ3n) is 3.59. The molecule has 3 N–H and O–H groups in total. The highest BCUT2D eigenvalue weighted by atomic mass is 16.4. The Labute approximate surface area is 106 Å². The summed E-state index contributed by atoms with van der Waals surface area (Å²) in [5, 5.41) is 14.4. The van der Waals surface area contributed by atoms with Gasteiger partial charge in [0.25, 0.3) is 0 Å². The molecular weight excluding hydrogens is 236 g/mol. The van der Waals surface area contributed by atoms with E-state index in [0.29, 0.717) is 25.8 Å². The summed E-state index contributed by atoms with van der Waals surface area (Å²) < 4.78 is 0. The SMILES string of the molecule is CCC(C)(CNC(=O)C1CCC(=O)NC1)C(=O)O. The number of carboxylic acids is 1. The maximum absolute atomic E-state index is 11.8. The van der Waals surface area contributed by atoms with Gasteiger partial charge in [0.05, 0.1) is 11.3 Å². The first kappa shape index (κ1) is 14.5. The van der Waals surface area contributed by atoms with E-state index in [2.05, 4.69) is 10.6 Å². The van der Waals surface area contributed by atoms with Crippen molar-refractivity contribution in [2.75, 3.05) is 13.1 Å². The van der Waals surface area contributed by atoms with E-state index < -0.39 is 11.4 Å². The van der Waals surface area contributed by atoms with E-state index >= 15 is 0 Å². The topological polar surface area (TPSA) is 95.5 Å². The number of hydrogen-bond acceptors (Lipinski definition) is 3. The van der Waals surface area contributed by atoms with Gasteiger partial charge in [0, 0.05) is 19.5 Å². The lowest BCUT2D eigenvalue weighted by Crippen LogP contribution is -2.47. The number of carbonyl (C=O) groups is 3. The van der Waals surface area contributed by atoms with Crippen LogP contribution >= 0.6 is 0 Å². The molecule has 6 nitrogen and oxygen atoms in total. The number of amides is 2. The predicted octanol–water partition coefficient (Wildman–Crippen LogP) is 0.130. The van der Waals surface area contributed by atoms with Gasteiger partial charge in [-0.1, -0.05) is 6.92 Å².